The maximum atomic E-state index is 12.5. The molecule has 2 heterocycles. The van der Waals surface area contributed by atoms with E-state index < -0.39 is 0 Å². The van der Waals surface area contributed by atoms with Crippen molar-refractivity contribution in [3.05, 3.63) is 0 Å². The molecule has 2 aliphatic heterocycles. The Balaban J connectivity index is 1.58. The molecule has 2 saturated heterocycles. The van der Waals surface area contributed by atoms with Crippen molar-refractivity contribution in [3.8, 4) is 0 Å². The second kappa shape index (κ2) is 7.78. The molecule has 126 valence electrons. The van der Waals surface area contributed by atoms with Gasteiger partial charge in [0.15, 0.2) is 0 Å². The first-order chi connectivity index (χ1) is 10.8. The van der Waals surface area contributed by atoms with Crippen LogP contribution in [0.25, 0.3) is 0 Å². The van der Waals surface area contributed by atoms with Gasteiger partial charge in [-0.2, -0.15) is 0 Å². The van der Waals surface area contributed by atoms with Crippen LogP contribution in [0.1, 0.15) is 70.6 Å². The minimum atomic E-state index is 0.0516. The highest BCUT2D eigenvalue weighted by atomic mass is 16.2. The molecular formula is C18H33N3O. The third-order valence-corrected chi connectivity index (χ3v) is 6.03. The topological polar surface area (TPSA) is 44.4 Å². The summed E-state index contributed by atoms with van der Waals surface area (Å²) in [5.74, 6) is 0.238. The van der Waals surface area contributed by atoms with Crippen LogP contribution in [0.4, 0.5) is 0 Å². The average Bonchev–Trinajstić information content (AvgIpc) is 2.62. The summed E-state index contributed by atoms with van der Waals surface area (Å²) in [4.78, 5) is 15.2. The predicted octanol–water partition coefficient (Wildman–Crippen LogP) is 2.43. The molecule has 2 N–H and O–H groups in total. The van der Waals surface area contributed by atoms with Crippen molar-refractivity contribution in [3.63, 3.8) is 0 Å². The lowest BCUT2D eigenvalue weighted by Crippen LogP contribution is -2.59. The summed E-state index contributed by atoms with van der Waals surface area (Å²) in [6.07, 6.45) is 14.0. The number of hydrogen-bond acceptors (Lipinski definition) is 3. The minimum Gasteiger partial charge on any atom is -0.353 e. The van der Waals surface area contributed by atoms with Crippen LogP contribution in [0, 0.1) is 0 Å². The number of nitrogens with zero attached hydrogens (tertiary/aromatic N) is 1. The molecule has 0 radical (unpaired) electrons. The second-order valence-electron chi connectivity index (χ2n) is 7.55. The first-order valence-electron chi connectivity index (χ1n) is 9.56. The van der Waals surface area contributed by atoms with Gasteiger partial charge < -0.3 is 10.6 Å². The molecule has 3 fully saturated rings. The fourth-order valence-electron chi connectivity index (χ4n) is 4.63. The van der Waals surface area contributed by atoms with Crippen LogP contribution < -0.4 is 10.6 Å². The van der Waals surface area contributed by atoms with Crippen LogP contribution in [-0.2, 0) is 4.79 Å². The van der Waals surface area contributed by atoms with E-state index in [-0.39, 0.29) is 17.5 Å². The van der Waals surface area contributed by atoms with Crippen LogP contribution >= 0.6 is 0 Å². The highest BCUT2D eigenvalue weighted by Crippen LogP contribution is 2.35. The number of carbonyl (C=O) groups excluding carboxylic acids is 1. The van der Waals surface area contributed by atoms with Crippen molar-refractivity contribution in [1.29, 1.82) is 0 Å². The highest BCUT2D eigenvalue weighted by Gasteiger charge is 2.39. The van der Waals surface area contributed by atoms with Crippen molar-refractivity contribution in [2.45, 2.75) is 82.2 Å². The molecule has 4 heteroatoms. The van der Waals surface area contributed by atoms with Gasteiger partial charge in [0.1, 0.15) is 0 Å². The van der Waals surface area contributed by atoms with Crippen LogP contribution in [0.5, 0.6) is 0 Å². The number of amides is 1. The average molecular weight is 307 g/mol. The van der Waals surface area contributed by atoms with E-state index in [1.54, 1.807) is 0 Å². The Morgan fingerprint density at radius 3 is 2.41 bits per heavy atom. The molecule has 0 aromatic heterocycles. The number of carbonyl (C=O) groups is 1. The summed E-state index contributed by atoms with van der Waals surface area (Å²) < 4.78 is 0. The molecule has 0 aromatic carbocycles. The maximum absolute atomic E-state index is 12.5. The van der Waals surface area contributed by atoms with E-state index in [0.717, 1.165) is 19.5 Å². The third kappa shape index (κ3) is 3.83. The number of rotatable bonds is 4. The van der Waals surface area contributed by atoms with E-state index in [1.807, 2.05) is 0 Å². The lowest BCUT2D eigenvalue weighted by molar-refractivity contribution is -0.124. The predicted molar refractivity (Wildman–Crippen MR) is 89.9 cm³/mol. The molecule has 4 nitrogen and oxygen atoms in total. The summed E-state index contributed by atoms with van der Waals surface area (Å²) in [5, 5.41) is 6.69. The Hall–Kier alpha value is -0.610. The van der Waals surface area contributed by atoms with E-state index in [2.05, 4.69) is 15.5 Å². The standard InChI is InChI=1S/C18H33N3O/c22-17(16-9-3-6-12-19-16)20-15-18(10-4-1-5-11-18)21-13-7-2-8-14-21/h16,19H,1-15H2,(H,20,22)/t16-/m1/s1. The Morgan fingerprint density at radius 1 is 1.00 bits per heavy atom. The van der Waals surface area contributed by atoms with Gasteiger partial charge in [0.25, 0.3) is 0 Å². The van der Waals surface area contributed by atoms with Gasteiger partial charge in [-0.15, -0.1) is 0 Å². The van der Waals surface area contributed by atoms with E-state index in [1.165, 1.54) is 77.3 Å². The van der Waals surface area contributed by atoms with Gasteiger partial charge in [0, 0.05) is 12.1 Å². The minimum absolute atomic E-state index is 0.0516. The normalized spacial score (nSPS) is 29.9. The van der Waals surface area contributed by atoms with Crippen molar-refractivity contribution < 1.29 is 4.79 Å². The SMILES string of the molecule is O=C(NCC1(N2CCCCC2)CCCCC1)[C@H]1CCCCN1. The lowest BCUT2D eigenvalue weighted by Gasteiger charge is -2.48. The van der Waals surface area contributed by atoms with Crippen molar-refractivity contribution in [2.24, 2.45) is 0 Å². The zero-order valence-corrected chi connectivity index (χ0v) is 14.0. The summed E-state index contributed by atoms with van der Waals surface area (Å²) in [7, 11) is 0. The van der Waals surface area contributed by atoms with Crippen molar-refractivity contribution >= 4 is 5.91 Å². The lowest BCUT2D eigenvalue weighted by atomic mass is 9.79. The summed E-state index contributed by atoms with van der Waals surface area (Å²) in [6, 6.07) is 0.0516. The van der Waals surface area contributed by atoms with Crippen LogP contribution in [-0.4, -0.2) is 48.6 Å². The van der Waals surface area contributed by atoms with E-state index in [9.17, 15) is 4.79 Å². The molecule has 0 bridgehead atoms. The van der Waals surface area contributed by atoms with Crippen LogP contribution in [0.3, 0.4) is 0 Å². The van der Waals surface area contributed by atoms with Crippen molar-refractivity contribution in [2.75, 3.05) is 26.2 Å². The van der Waals surface area contributed by atoms with E-state index >= 15 is 0 Å². The first-order valence-corrected chi connectivity index (χ1v) is 9.56. The zero-order valence-electron chi connectivity index (χ0n) is 14.0. The largest absolute Gasteiger partial charge is 0.353 e. The molecule has 0 spiro atoms. The monoisotopic (exact) mass is 307 g/mol. The second-order valence-corrected chi connectivity index (χ2v) is 7.55. The number of likely N-dealkylation sites (tertiary alicyclic amines) is 1. The summed E-state index contributed by atoms with van der Waals surface area (Å²) >= 11 is 0. The van der Waals surface area contributed by atoms with Gasteiger partial charge in [0.2, 0.25) is 5.91 Å². The Bertz CT molecular complexity index is 353. The Kier molecular flexibility index (Phi) is 5.75. The third-order valence-electron chi connectivity index (χ3n) is 6.03. The van der Waals surface area contributed by atoms with Gasteiger partial charge in [-0.1, -0.05) is 32.1 Å². The number of nitrogens with one attached hydrogen (secondary N) is 2. The highest BCUT2D eigenvalue weighted by molar-refractivity contribution is 5.81. The molecule has 0 unspecified atom stereocenters. The van der Waals surface area contributed by atoms with E-state index in [4.69, 9.17) is 0 Å². The summed E-state index contributed by atoms with van der Waals surface area (Å²) in [6.45, 7) is 4.33. The number of hydrogen-bond donors (Lipinski definition) is 2. The summed E-state index contributed by atoms with van der Waals surface area (Å²) in [5.41, 5.74) is 0.253. The molecular weight excluding hydrogens is 274 g/mol. The fourth-order valence-corrected chi connectivity index (χ4v) is 4.63. The van der Waals surface area contributed by atoms with Gasteiger partial charge in [0.05, 0.1) is 6.04 Å². The Labute approximate surface area is 135 Å². The molecule has 1 amide bonds. The fraction of sp³-hybridized carbons (Fsp3) is 0.944. The molecule has 1 aliphatic carbocycles. The molecule has 1 saturated carbocycles. The van der Waals surface area contributed by atoms with Crippen LogP contribution in [0.2, 0.25) is 0 Å². The quantitative estimate of drug-likeness (QED) is 0.838. The first kappa shape index (κ1) is 16.3. The molecule has 3 aliphatic rings. The van der Waals surface area contributed by atoms with Crippen LogP contribution in [0.15, 0.2) is 0 Å². The number of piperidine rings is 2. The molecule has 22 heavy (non-hydrogen) atoms. The van der Waals surface area contributed by atoms with Gasteiger partial charge in [-0.25, -0.2) is 0 Å². The van der Waals surface area contributed by atoms with Gasteiger partial charge >= 0.3 is 0 Å². The van der Waals surface area contributed by atoms with Gasteiger partial charge in [-0.3, -0.25) is 9.69 Å². The van der Waals surface area contributed by atoms with Crippen molar-refractivity contribution in [1.82, 2.24) is 15.5 Å². The molecule has 1 atom stereocenters. The van der Waals surface area contributed by atoms with Gasteiger partial charge in [-0.05, 0) is 58.2 Å². The zero-order chi connectivity index (χ0) is 15.3. The smallest absolute Gasteiger partial charge is 0.237 e. The molecule has 0 aromatic rings. The van der Waals surface area contributed by atoms with E-state index in [0.29, 0.717) is 0 Å². The Morgan fingerprint density at radius 2 is 1.73 bits per heavy atom. The maximum Gasteiger partial charge on any atom is 0.237 e. The molecule has 3 rings (SSSR count).